The highest BCUT2D eigenvalue weighted by Crippen LogP contribution is 2.34. The molecule has 0 spiro atoms. The van der Waals surface area contributed by atoms with Crippen LogP contribution < -0.4 is 15.5 Å². The van der Waals surface area contributed by atoms with Gasteiger partial charge in [-0.25, -0.2) is 10.3 Å². The minimum absolute atomic E-state index is 0.0794. The molecular formula is C25H32N2O7S. The first kappa shape index (κ1) is 28.2. The third kappa shape index (κ3) is 9.61. The summed E-state index contributed by atoms with van der Waals surface area (Å²) >= 11 is 1.60. The summed E-state index contributed by atoms with van der Waals surface area (Å²) in [7, 11) is 0. The standard InChI is InChI=1S/C25H32N2O7S/c1-3-32-22(10-6-7-11-23(29)27-31)24(20-8-4-5-9-21(20)33-17-16-28)34-25(30)26-18-12-14-19(35-2)15-13-18/h4-5,7-9,11-15,22,24,28,31H,3,6,10,16-17H2,1-2H3,(H,26,30)(H,27,29)/b11-7+/t22-,24-/m0/s1. The maximum Gasteiger partial charge on any atom is 0.412 e. The van der Waals surface area contributed by atoms with Crippen molar-refractivity contribution in [3.8, 4) is 5.75 Å². The van der Waals surface area contributed by atoms with Gasteiger partial charge in [0.25, 0.3) is 5.91 Å². The van der Waals surface area contributed by atoms with E-state index in [-0.39, 0.29) is 13.2 Å². The molecule has 35 heavy (non-hydrogen) atoms. The molecule has 0 heterocycles. The third-order valence-electron chi connectivity index (χ3n) is 4.86. The minimum Gasteiger partial charge on any atom is -0.491 e. The Balaban J connectivity index is 2.28. The molecule has 0 aromatic heterocycles. The van der Waals surface area contributed by atoms with Crippen molar-refractivity contribution in [1.82, 2.24) is 5.48 Å². The molecule has 2 amide bonds. The monoisotopic (exact) mass is 504 g/mol. The number of hydrogen-bond donors (Lipinski definition) is 4. The Morgan fingerprint density at radius 1 is 1.14 bits per heavy atom. The van der Waals surface area contributed by atoms with Crippen LogP contribution >= 0.6 is 11.8 Å². The number of amides is 2. The number of carbonyl (C=O) groups is 2. The lowest BCUT2D eigenvalue weighted by Gasteiger charge is -2.28. The number of thioether (sulfide) groups is 1. The summed E-state index contributed by atoms with van der Waals surface area (Å²) < 4.78 is 17.5. The summed E-state index contributed by atoms with van der Waals surface area (Å²) in [5.74, 6) is -0.177. The summed E-state index contributed by atoms with van der Waals surface area (Å²) in [6.07, 6.45) is 3.55. The van der Waals surface area contributed by atoms with Crippen molar-refractivity contribution < 1.29 is 34.1 Å². The third-order valence-corrected chi connectivity index (χ3v) is 5.60. The zero-order chi connectivity index (χ0) is 25.5. The van der Waals surface area contributed by atoms with Gasteiger partial charge in [0.2, 0.25) is 0 Å². The average molecular weight is 505 g/mol. The predicted molar refractivity (Wildman–Crippen MR) is 134 cm³/mol. The second-order valence-corrected chi connectivity index (χ2v) is 8.12. The van der Waals surface area contributed by atoms with Crippen LogP contribution in [0.4, 0.5) is 10.5 Å². The highest BCUT2D eigenvalue weighted by molar-refractivity contribution is 7.98. The van der Waals surface area contributed by atoms with Crippen LogP contribution in [0.25, 0.3) is 0 Å². The van der Waals surface area contributed by atoms with Crippen molar-refractivity contribution in [3.05, 3.63) is 66.2 Å². The number of anilines is 1. The number of rotatable bonds is 14. The maximum atomic E-state index is 12.9. The second-order valence-electron chi connectivity index (χ2n) is 7.24. The zero-order valence-electron chi connectivity index (χ0n) is 19.8. The summed E-state index contributed by atoms with van der Waals surface area (Å²) in [6, 6.07) is 14.5. The molecule has 0 aliphatic carbocycles. The van der Waals surface area contributed by atoms with E-state index in [2.05, 4.69) is 5.32 Å². The van der Waals surface area contributed by atoms with Crippen LogP contribution in [0.2, 0.25) is 0 Å². The minimum atomic E-state index is -0.838. The summed E-state index contributed by atoms with van der Waals surface area (Å²) in [5.41, 5.74) is 2.71. The van der Waals surface area contributed by atoms with Gasteiger partial charge in [-0.2, -0.15) is 0 Å². The van der Waals surface area contributed by atoms with Gasteiger partial charge in [0.1, 0.15) is 12.4 Å². The molecule has 2 aromatic carbocycles. The molecule has 2 aromatic rings. The molecule has 0 aliphatic heterocycles. The summed E-state index contributed by atoms with van der Waals surface area (Å²) in [4.78, 5) is 25.2. The van der Waals surface area contributed by atoms with Crippen molar-refractivity contribution in [2.45, 2.75) is 36.9 Å². The van der Waals surface area contributed by atoms with E-state index in [1.807, 2.05) is 25.3 Å². The van der Waals surface area contributed by atoms with Gasteiger partial charge >= 0.3 is 6.09 Å². The molecule has 2 rings (SSSR count). The molecule has 10 heteroatoms. The quantitative estimate of drug-likeness (QED) is 0.130. The number of para-hydroxylation sites is 1. The molecule has 0 bridgehead atoms. The molecule has 9 nitrogen and oxygen atoms in total. The summed E-state index contributed by atoms with van der Waals surface area (Å²) in [6.45, 7) is 2.11. The van der Waals surface area contributed by atoms with E-state index in [9.17, 15) is 14.7 Å². The van der Waals surface area contributed by atoms with Crippen molar-refractivity contribution in [3.63, 3.8) is 0 Å². The first-order valence-corrected chi connectivity index (χ1v) is 12.4. The van der Waals surface area contributed by atoms with Crippen LogP contribution in [0.15, 0.2) is 65.6 Å². The van der Waals surface area contributed by atoms with E-state index in [0.29, 0.717) is 36.4 Å². The van der Waals surface area contributed by atoms with Gasteiger partial charge in [-0.1, -0.05) is 24.3 Å². The predicted octanol–water partition coefficient (Wildman–Crippen LogP) is 4.32. The van der Waals surface area contributed by atoms with Gasteiger partial charge in [0.05, 0.1) is 12.7 Å². The fraction of sp³-hybridized carbons (Fsp3) is 0.360. The Kier molecular flexibility index (Phi) is 12.7. The van der Waals surface area contributed by atoms with Crippen LogP contribution in [-0.2, 0) is 14.3 Å². The Bertz CT molecular complexity index is 953. The number of ether oxygens (including phenoxy) is 3. The van der Waals surface area contributed by atoms with E-state index in [1.165, 1.54) is 11.6 Å². The number of aliphatic hydroxyl groups excluding tert-OH is 1. The maximum absolute atomic E-state index is 12.9. The van der Waals surface area contributed by atoms with Gasteiger partial charge < -0.3 is 19.3 Å². The summed E-state index contributed by atoms with van der Waals surface area (Å²) in [5, 5.41) is 20.6. The number of benzene rings is 2. The van der Waals surface area contributed by atoms with Gasteiger partial charge in [-0.15, -0.1) is 11.8 Å². The molecule has 0 fully saturated rings. The molecule has 190 valence electrons. The largest absolute Gasteiger partial charge is 0.491 e. The number of nitrogens with one attached hydrogen (secondary N) is 2. The Morgan fingerprint density at radius 2 is 1.89 bits per heavy atom. The highest BCUT2D eigenvalue weighted by Gasteiger charge is 2.30. The molecule has 0 unspecified atom stereocenters. The van der Waals surface area contributed by atoms with E-state index in [0.717, 1.165) is 4.90 Å². The van der Waals surface area contributed by atoms with Gasteiger partial charge in [-0.3, -0.25) is 15.3 Å². The van der Waals surface area contributed by atoms with Gasteiger partial charge in [-0.05, 0) is 56.4 Å². The lowest BCUT2D eigenvalue weighted by Crippen LogP contribution is -2.29. The fourth-order valence-corrected chi connectivity index (χ4v) is 3.71. The lowest BCUT2D eigenvalue weighted by molar-refractivity contribution is -0.124. The fourth-order valence-electron chi connectivity index (χ4n) is 3.30. The highest BCUT2D eigenvalue weighted by atomic mass is 32.2. The van der Waals surface area contributed by atoms with Crippen LogP contribution in [-0.4, -0.2) is 54.5 Å². The second kappa shape index (κ2) is 15.8. The van der Waals surface area contributed by atoms with Crippen LogP contribution in [0.5, 0.6) is 5.75 Å². The lowest BCUT2D eigenvalue weighted by atomic mass is 9.99. The van der Waals surface area contributed by atoms with Crippen LogP contribution in [0.3, 0.4) is 0 Å². The Hall–Kier alpha value is -3.05. The number of hydroxylamine groups is 1. The van der Waals surface area contributed by atoms with Crippen molar-refractivity contribution >= 4 is 29.4 Å². The zero-order valence-corrected chi connectivity index (χ0v) is 20.6. The van der Waals surface area contributed by atoms with Gasteiger partial charge in [0, 0.05) is 28.8 Å². The van der Waals surface area contributed by atoms with E-state index < -0.39 is 24.2 Å². The molecule has 4 N–H and O–H groups in total. The first-order valence-electron chi connectivity index (χ1n) is 11.2. The Labute approximate surface area is 209 Å². The first-order chi connectivity index (χ1) is 17.0. The average Bonchev–Trinajstić information content (AvgIpc) is 2.88. The Morgan fingerprint density at radius 3 is 2.54 bits per heavy atom. The molecule has 2 atom stereocenters. The number of allylic oxidation sites excluding steroid dienone is 1. The molecule has 0 saturated heterocycles. The van der Waals surface area contributed by atoms with Crippen molar-refractivity contribution in [2.24, 2.45) is 0 Å². The van der Waals surface area contributed by atoms with Crippen LogP contribution in [0, 0.1) is 0 Å². The van der Waals surface area contributed by atoms with Gasteiger partial charge in [0.15, 0.2) is 6.10 Å². The smallest absolute Gasteiger partial charge is 0.412 e. The number of aliphatic hydroxyl groups is 1. The van der Waals surface area contributed by atoms with E-state index >= 15 is 0 Å². The molecule has 0 radical (unpaired) electrons. The van der Waals surface area contributed by atoms with E-state index in [4.69, 9.17) is 19.4 Å². The molecule has 0 saturated carbocycles. The SMILES string of the molecule is CCO[C@@H](CC/C=C/C(=O)NO)[C@@H](OC(=O)Nc1ccc(SC)cc1)c1ccccc1OCCO. The van der Waals surface area contributed by atoms with Crippen molar-refractivity contribution in [1.29, 1.82) is 0 Å². The number of hydrogen-bond acceptors (Lipinski definition) is 8. The molecule has 0 aliphatic rings. The topological polar surface area (TPSA) is 126 Å². The normalized spacial score (nSPS) is 12.7. The molecular weight excluding hydrogens is 472 g/mol. The van der Waals surface area contributed by atoms with Crippen molar-refractivity contribution in [2.75, 3.05) is 31.4 Å². The van der Waals surface area contributed by atoms with Crippen LogP contribution in [0.1, 0.15) is 31.4 Å². The van der Waals surface area contributed by atoms with E-state index in [1.54, 1.807) is 54.2 Å². The number of carbonyl (C=O) groups excluding carboxylic acids is 2.